The maximum atomic E-state index is 13.1. The number of nitrogens with zero attached hydrogens (tertiary/aromatic N) is 6. The summed E-state index contributed by atoms with van der Waals surface area (Å²) in [5.41, 5.74) is 0. The highest BCUT2D eigenvalue weighted by Crippen LogP contribution is 2.25. The Morgan fingerprint density at radius 2 is 1.96 bits per heavy atom. The fourth-order valence-electron chi connectivity index (χ4n) is 4.15. The van der Waals surface area contributed by atoms with E-state index in [1.165, 1.54) is 0 Å². The molecular weight excluding hydrogens is 356 g/mol. The first-order valence-corrected chi connectivity index (χ1v) is 10.4. The molecule has 28 heavy (non-hydrogen) atoms. The summed E-state index contributed by atoms with van der Waals surface area (Å²) in [6.07, 6.45) is 6.42. The molecule has 0 aliphatic carbocycles. The van der Waals surface area contributed by atoms with Crippen LogP contribution in [0.15, 0.2) is 12.4 Å². The topological polar surface area (TPSA) is 78.1 Å². The van der Waals surface area contributed by atoms with Crippen LogP contribution in [0.3, 0.4) is 0 Å². The van der Waals surface area contributed by atoms with Crippen LogP contribution in [-0.4, -0.2) is 61.4 Å². The molecule has 1 unspecified atom stereocenters. The number of hydrogen-bond donors (Lipinski definition) is 0. The van der Waals surface area contributed by atoms with Gasteiger partial charge in [0.15, 0.2) is 5.82 Å². The predicted octanol–water partition coefficient (Wildman–Crippen LogP) is 2.14. The average molecular weight is 387 g/mol. The molecule has 0 aromatic carbocycles. The Morgan fingerprint density at radius 1 is 1.18 bits per heavy atom. The molecule has 2 aliphatic heterocycles. The van der Waals surface area contributed by atoms with Crippen LogP contribution in [0.2, 0.25) is 0 Å². The minimum atomic E-state index is -0.254. The van der Waals surface area contributed by atoms with Crippen LogP contribution >= 0.6 is 0 Å². The summed E-state index contributed by atoms with van der Waals surface area (Å²) in [5.74, 6) is 3.72. The molecule has 8 heteroatoms. The standard InChI is InChI=1S/C20H30N6O2/c1-14(2)19-21-7-9-25(19)15(3)20(27)24-8-4-17-22-18(23-26(17)11-10-24)16-5-12-28-13-6-16/h7,9,14-16H,4-6,8,10-13H2,1-3H3. The Kier molecular flexibility index (Phi) is 5.48. The van der Waals surface area contributed by atoms with Crippen LogP contribution in [-0.2, 0) is 22.5 Å². The van der Waals surface area contributed by atoms with Crippen molar-refractivity contribution in [2.75, 3.05) is 26.3 Å². The first-order chi connectivity index (χ1) is 13.5. The third kappa shape index (κ3) is 3.70. The normalized spacial score (nSPS) is 19.5. The van der Waals surface area contributed by atoms with E-state index in [0.717, 1.165) is 49.9 Å². The van der Waals surface area contributed by atoms with Crippen LogP contribution in [0.5, 0.6) is 0 Å². The molecule has 152 valence electrons. The van der Waals surface area contributed by atoms with Crippen LogP contribution in [0.1, 0.15) is 69.0 Å². The fraction of sp³-hybridized carbons (Fsp3) is 0.700. The molecule has 2 aromatic heterocycles. The van der Waals surface area contributed by atoms with E-state index in [4.69, 9.17) is 14.8 Å². The van der Waals surface area contributed by atoms with E-state index < -0.39 is 0 Å². The first kappa shape index (κ1) is 19.1. The van der Waals surface area contributed by atoms with Crippen molar-refractivity contribution in [3.8, 4) is 0 Å². The van der Waals surface area contributed by atoms with Crippen molar-refractivity contribution in [1.82, 2.24) is 29.2 Å². The average Bonchev–Trinajstić information content (AvgIpc) is 3.31. The van der Waals surface area contributed by atoms with Gasteiger partial charge in [-0.1, -0.05) is 13.8 Å². The van der Waals surface area contributed by atoms with Gasteiger partial charge in [0.25, 0.3) is 0 Å². The summed E-state index contributed by atoms with van der Waals surface area (Å²) >= 11 is 0. The number of aromatic nitrogens is 5. The Bertz CT molecular complexity index is 795. The highest BCUT2D eigenvalue weighted by molar-refractivity contribution is 5.80. The quantitative estimate of drug-likeness (QED) is 0.804. The van der Waals surface area contributed by atoms with Crippen molar-refractivity contribution in [3.63, 3.8) is 0 Å². The Morgan fingerprint density at radius 3 is 2.71 bits per heavy atom. The monoisotopic (exact) mass is 386 g/mol. The highest BCUT2D eigenvalue weighted by Gasteiger charge is 2.28. The smallest absolute Gasteiger partial charge is 0.245 e. The minimum absolute atomic E-state index is 0.135. The zero-order valence-electron chi connectivity index (χ0n) is 17.0. The van der Waals surface area contributed by atoms with Crippen LogP contribution < -0.4 is 0 Å². The van der Waals surface area contributed by atoms with Gasteiger partial charge in [-0.3, -0.25) is 4.79 Å². The zero-order chi connectivity index (χ0) is 19.7. The minimum Gasteiger partial charge on any atom is -0.381 e. The van der Waals surface area contributed by atoms with Gasteiger partial charge in [0.2, 0.25) is 5.91 Å². The molecule has 8 nitrogen and oxygen atoms in total. The van der Waals surface area contributed by atoms with Crippen molar-refractivity contribution in [2.45, 2.75) is 64.5 Å². The van der Waals surface area contributed by atoms with Crippen LogP contribution in [0.25, 0.3) is 0 Å². The predicted molar refractivity (Wildman–Crippen MR) is 104 cm³/mol. The summed E-state index contributed by atoms with van der Waals surface area (Å²) in [6, 6.07) is -0.254. The lowest BCUT2D eigenvalue weighted by Gasteiger charge is -2.26. The number of carbonyl (C=O) groups is 1. The Labute approximate surface area is 165 Å². The maximum Gasteiger partial charge on any atom is 0.245 e. The van der Waals surface area contributed by atoms with Gasteiger partial charge in [-0.2, -0.15) is 5.10 Å². The second-order valence-electron chi connectivity index (χ2n) is 8.09. The molecule has 0 radical (unpaired) electrons. The molecule has 2 aliphatic rings. The summed E-state index contributed by atoms with van der Waals surface area (Å²) < 4.78 is 9.44. The number of amides is 1. The number of rotatable bonds is 4. The maximum absolute atomic E-state index is 13.1. The molecule has 1 amide bonds. The van der Waals surface area contributed by atoms with Gasteiger partial charge in [-0.15, -0.1) is 0 Å². The second-order valence-corrected chi connectivity index (χ2v) is 8.09. The van der Waals surface area contributed by atoms with Crippen molar-refractivity contribution < 1.29 is 9.53 Å². The molecule has 0 N–H and O–H groups in total. The summed E-state index contributed by atoms with van der Waals surface area (Å²) in [5, 5.41) is 4.76. The molecule has 0 spiro atoms. The molecule has 1 atom stereocenters. The Balaban J connectivity index is 1.43. The van der Waals surface area contributed by atoms with Gasteiger partial charge in [0, 0.05) is 57.0 Å². The van der Waals surface area contributed by atoms with Crippen molar-refractivity contribution in [3.05, 3.63) is 29.9 Å². The molecule has 4 rings (SSSR count). The van der Waals surface area contributed by atoms with Gasteiger partial charge < -0.3 is 14.2 Å². The van der Waals surface area contributed by atoms with E-state index in [1.54, 1.807) is 6.20 Å². The lowest BCUT2D eigenvalue weighted by atomic mass is 10.00. The first-order valence-electron chi connectivity index (χ1n) is 10.4. The third-order valence-electron chi connectivity index (χ3n) is 5.84. The molecular formula is C20H30N6O2. The number of imidazole rings is 1. The summed E-state index contributed by atoms with van der Waals surface area (Å²) in [6.45, 7) is 9.79. The summed E-state index contributed by atoms with van der Waals surface area (Å²) in [7, 11) is 0. The summed E-state index contributed by atoms with van der Waals surface area (Å²) in [4.78, 5) is 24.3. The van der Waals surface area contributed by atoms with Crippen molar-refractivity contribution >= 4 is 5.91 Å². The third-order valence-corrected chi connectivity index (χ3v) is 5.84. The number of carbonyl (C=O) groups excluding carboxylic acids is 1. The van der Waals surface area contributed by atoms with E-state index in [-0.39, 0.29) is 17.9 Å². The van der Waals surface area contributed by atoms with E-state index in [9.17, 15) is 4.79 Å². The van der Waals surface area contributed by atoms with Gasteiger partial charge in [-0.25, -0.2) is 14.6 Å². The number of ether oxygens (including phenoxy) is 1. The Hall–Kier alpha value is -2.22. The number of hydrogen-bond acceptors (Lipinski definition) is 5. The second kappa shape index (κ2) is 8.03. The molecule has 2 aromatic rings. The van der Waals surface area contributed by atoms with Gasteiger partial charge in [0.1, 0.15) is 17.7 Å². The molecule has 0 saturated carbocycles. The molecule has 1 saturated heterocycles. The van der Waals surface area contributed by atoms with E-state index in [2.05, 4.69) is 18.8 Å². The van der Waals surface area contributed by atoms with Crippen molar-refractivity contribution in [1.29, 1.82) is 0 Å². The fourth-order valence-corrected chi connectivity index (χ4v) is 4.15. The number of fused-ring (bicyclic) bond motifs is 1. The van der Waals surface area contributed by atoms with Crippen LogP contribution in [0, 0.1) is 0 Å². The molecule has 1 fully saturated rings. The lowest BCUT2D eigenvalue weighted by molar-refractivity contribution is -0.134. The van der Waals surface area contributed by atoms with Gasteiger partial charge in [-0.05, 0) is 19.8 Å². The van der Waals surface area contributed by atoms with E-state index in [0.29, 0.717) is 25.6 Å². The SMILES string of the molecule is CC(C)c1nccn1C(C)C(=O)N1CCc2nc(C3CCOCC3)nn2CC1. The highest BCUT2D eigenvalue weighted by atomic mass is 16.5. The largest absolute Gasteiger partial charge is 0.381 e. The molecule has 4 heterocycles. The van der Waals surface area contributed by atoms with E-state index >= 15 is 0 Å². The zero-order valence-corrected chi connectivity index (χ0v) is 17.0. The van der Waals surface area contributed by atoms with Gasteiger partial charge in [0.05, 0.1) is 6.54 Å². The van der Waals surface area contributed by atoms with Gasteiger partial charge >= 0.3 is 0 Å². The molecule has 0 bridgehead atoms. The van der Waals surface area contributed by atoms with Crippen LogP contribution in [0.4, 0.5) is 0 Å². The lowest BCUT2D eigenvalue weighted by Crippen LogP contribution is -2.38. The van der Waals surface area contributed by atoms with E-state index in [1.807, 2.05) is 27.3 Å². The van der Waals surface area contributed by atoms with Crippen molar-refractivity contribution in [2.24, 2.45) is 0 Å².